The van der Waals surface area contributed by atoms with Gasteiger partial charge in [0, 0.05) is 119 Å². The summed E-state index contributed by atoms with van der Waals surface area (Å²) in [7, 11) is 4.48. The molecule has 1 saturated carbocycles. The number of hydrogen-bond acceptors (Lipinski definition) is 29. The lowest BCUT2D eigenvalue weighted by Gasteiger charge is -2.46. The minimum absolute atomic E-state index is 0.0174. The number of aromatic hydroxyl groups is 2. The van der Waals surface area contributed by atoms with Crippen LogP contribution in [0.1, 0.15) is 150 Å². The summed E-state index contributed by atoms with van der Waals surface area (Å²) < 4.78 is 103. The molecule has 5 fully saturated rings. The van der Waals surface area contributed by atoms with Crippen LogP contribution in [0.5, 0.6) is 17.2 Å². The SMILES string of the molecule is COCCOCCOCCOCCOCCOCCOCCOCCOCCOCCOCCOCCC(=O)NC[C@H](NC(=O)[C@]1(O)Cc2c(O)c3c(c(O)c2[C@@H](O[C@H]2C[C@H]4[C@H](O[C@@H]5[C@@H](OC)OCCN54)[C@H](C)O2)C1)C(=O)c1c(OC)cccc1C3=O)C(=O)N1CCC2(CCC(C(=O)NCCCCC(=O)N3Cc4ccccc4C#Cc4ccccc43)CC2)CC1. The van der Waals surface area contributed by atoms with E-state index in [2.05, 4.69) is 32.7 Å². The Hall–Kier alpha value is -8.23. The van der Waals surface area contributed by atoms with Crippen molar-refractivity contribution in [2.75, 3.05) is 218 Å². The Balaban J connectivity index is 0.602. The number of hydrogen-bond donors (Lipinski definition) is 6. The lowest BCUT2D eigenvalue weighted by Crippen LogP contribution is -2.61. The molecule has 9 atom stereocenters. The van der Waals surface area contributed by atoms with Gasteiger partial charge in [-0.25, -0.2) is 0 Å². The van der Waals surface area contributed by atoms with Gasteiger partial charge in [0.1, 0.15) is 35.0 Å². The Labute approximate surface area is 729 Å². The first-order chi connectivity index (χ1) is 60.9. The van der Waals surface area contributed by atoms with Gasteiger partial charge in [0.25, 0.3) is 5.91 Å². The number of ketones is 2. The van der Waals surface area contributed by atoms with Gasteiger partial charge in [0.15, 0.2) is 24.6 Å². The lowest BCUT2D eigenvalue weighted by molar-refractivity contribution is -0.256. The van der Waals surface area contributed by atoms with Crippen LogP contribution in [0.25, 0.3) is 0 Å². The second-order valence-electron chi connectivity index (χ2n) is 32.3. The highest BCUT2D eigenvalue weighted by molar-refractivity contribution is 6.31. The van der Waals surface area contributed by atoms with E-state index in [0.717, 1.165) is 35.2 Å². The fourth-order valence-electron chi connectivity index (χ4n) is 17.4. The molecule has 3 aliphatic carbocycles. The molecule has 1 spiro atoms. The molecule has 0 bridgehead atoms. The molecule has 5 heterocycles. The molecule has 0 radical (unpaired) electrons. The van der Waals surface area contributed by atoms with Gasteiger partial charge in [-0.05, 0) is 93.5 Å². The van der Waals surface area contributed by atoms with E-state index in [9.17, 15) is 39.3 Å². The zero-order chi connectivity index (χ0) is 87.9. The van der Waals surface area contributed by atoms with Gasteiger partial charge in [0.05, 0.1) is 207 Å². The van der Waals surface area contributed by atoms with E-state index < -0.39 is 120 Å². The Bertz CT molecular complexity index is 4260. The third-order valence-electron chi connectivity index (χ3n) is 24.2. The number of carbonyl (C=O) groups is 7. The second kappa shape index (κ2) is 48.8. The normalized spacial score (nSPS) is 22.1. The average Bonchev–Trinajstić information content (AvgIpc) is 1.16. The summed E-state index contributed by atoms with van der Waals surface area (Å²) in [5.41, 5.74) is -1.10. The number of unbranched alkanes of at least 4 members (excludes halogenated alkanes) is 1. The topological polar surface area (TPSA) is 392 Å². The number of methoxy groups -OCH3 is 3. The number of ether oxygens (including phenoxy) is 18. The fourth-order valence-corrected chi connectivity index (χ4v) is 17.4. The van der Waals surface area contributed by atoms with E-state index in [0.29, 0.717) is 197 Å². The molecular weight excluding hydrogens is 1630 g/mol. The fraction of sp³-hybridized carbons (Fsp3) is 0.637. The van der Waals surface area contributed by atoms with Gasteiger partial charge in [-0.3, -0.25) is 38.5 Å². The molecule has 4 aromatic carbocycles. The molecule has 0 aromatic heterocycles. The first-order valence-corrected chi connectivity index (χ1v) is 43.9. The highest BCUT2D eigenvalue weighted by Gasteiger charge is 2.56. The molecule has 125 heavy (non-hydrogen) atoms. The van der Waals surface area contributed by atoms with Gasteiger partial charge < -0.3 is 126 Å². The molecule has 8 aliphatic rings. The van der Waals surface area contributed by atoms with Crippen molar-refractivity contribution in [1.82, 2.24) is 25.8 Å². The molecule has 34 nitrogen and oxygen atoms in total. The number of carbonyl (C=O) groups excluding carboxylic acids is 7. The number of anilines is 1. The molecule has 5 amide bonds. The molecule has 5 aliphatic heterocycles. The first-order valence-electron chi connectivity index (χ1n) is 43.9. The first kappa shape index (κ1) is 95.9. The Kier molecular flexibility index (Phi) is 37.4. The van der Waals surface area contributed by atoms with Gasteiger partial charge in [-0.1, -0.05) is 54.3 Å². The Morgan fingerprint density at radius 2 is 1.18 bits per heavy atom. The van der Waals surface area contributed by atoms with Crippen LogP contribution in [-0.2, 0) is 117 Å². The van der Waals surface area contributed by atoms with E-state index in [4.69, 9.17) is 85.3 Å². The number of piperidine rings is 1. The van der Waals surface area contributed by atoms with E-state index in [1.165, 1.54) is 32.4 Å². The average molecular weight is 1750 g/mol. The minimum atomic E-state index is -2.59. The van der Waals surface area contributed by atoms with Gasteiger partial charge in [-0.2, -0.15) is 0 Å². The summed E-state index contributed by atoms with van der Waals surface area (Å²) in [6.07, 6.45) is -0.891. The highest BCUT2D eigenvalue weighted by Crippen LogP contribution is 2.54. The Morgan fingerprint density at radius 3 is 1.78 bits per heavy atom. The molecule has 34 heteroatoms. The number of para-hydroxylation sites is 1. The number of nitrogens with one attached hydrogen (secondary N) is 3. The smallest absolute Gasteiger partial charge is 0.253 e. The maximum Gasteiger partial charge on any atom is 0.253 e. The number of morpholine rings is 1. The number of nitrogens with zero attached hydrogens (tertiary/aromatic N) is 3. The van der Waals surface area contributed by atoms with Crippen LogP contribution < -0.4 is 25.6 Å². The van der Waals surface area contributed by atoms with Gasteiger partial charge >= 0.3 is 0 Å². The number of amides is 5. The van der Waals surface area contributed by atoms with Crippen LogP contribution >= 0.6 is 0 Å². The summed E-state index contributed by atoms with van der Waals surface area (Å²) in [4.78, 5) is 107. The van der Waals surface area contributed by atoms with Crippen LogP contribution in [-0.4, -0.2) is 328 Å². The predicted molar refractivity (Wildman–Crippen MR) is 449 cm³/mol. The zero-order valence-corrected chi connectivity index (χ0v) is 72.3. The number of fused-ring (bicyclic) bond motifs is 8. The molecule has 0 unspecified atom stereocenters. The van der Waals surface area contributed by atoms with Crippen LogP contribution in [0.3, 0.4) is 0 Å². The summed E-state index contributed by atoms with van der Waals surface area (Å²) in [5, 5.41) is 46.9. The van der Waals surface area contributed by atoms with E-state index >= 15 is 9.59 Å². The van der Waals surface area contributed by atoms with Gasteiger partial charge in [0.2, 0.25) is 29.4 Å². The standard InChI is InChI=1S/C91H124N6O28/c1-61-84-70(96-31-33-122-88(110-4)87(96)125-84)56-75(123-61)124-72-58-91(107,57-67-77(72)83(103)79-78(81(67)101)80(100)66-15-11-17-71(109-3)76(66)82(79)102)89(106)94-68(59-93-73(98)23-32-111-36-37-113-40-41-115-44-45-117-48-49-119-52-53-121-55-54-120-51-50-118-47-46-116-43-42-114-39-38-112-35-34-108-2)86(105)95-29-26-90(27-30-95)24-21-64(22-25-90)85(104)92-28-10-9-18-74(99)97-60-65-14-6-5-12-62(65)19-20-63-13-7-8-16-69(63)97/h5-8,11-17,61,64,68,70,72,75,84,87-88,101,103,107H,9-10,18,21-60H2,1-4H3,(H,92,104)(H,93,98)(H,94,106)/t61-,68-,70-,72-,75-,84+,87+,88-,91-/m0/s1. The number of phenols is 2. The number of phenolic OH excluding ortho intramolecular Hbond substituents is 2. The van der Waals surface area contributed by atoms with E-state index in [1.807, 2.05) is 48.5 Å². The third kappa shape index (κ3) is 25.8. The number of aliphatic hydroxyl groups is 1. The molecular formula is C91H124N6O28. The maximum absolute atomic E-state index is 15.4. The molecule has 4 saturated heterocycles. The van der Waals surface area contributed by atoms with Crippen molar-refractivity contribution in [2.45, 2.75) is 152 Å². The van der Waals surface area contributed by atoms with Crippen LogP contribution in [0, 0.1) is 23.2 Å². The van der Waals surface area contributed by atoms with Crippen molar-refractivity contribution in [3.8, 4) is 29.1 Å². The number of benzene rings is 4. The summed E-state index contributed by atoms with van der Waals surface area (Å²) in [6, 6.07) is 18.1. The van der Waals surface area contributed by atoms with Crippen molar-refractivity contribution < 1.29 is 134 Å². The van der Waals surface area contributed by atoms with Crippen molar-refractivity contribution in [3.05, 3.63) is 117 Å². The van der Waals surface area contributed by atoms with E-state index in [1.54, 1.807) is 23.8 Å². The highest BCUT2D eigenvalue weighted by atomic mass is 16.7. The Morgan fingerprint density at radius 1 is 0.608 bits per heavy atom. The van der Waals surface area contributed by atoms with Crippen LogP contribution in [0.4, 0.5) is 5.69 Å². The zero-order valence-electron chi connectivity index (χ0n) is 72.3. The molecule has 4 aromatic rings. The second-order valence-corrected chi connectivity index (χ2v) is 32.3. The summed E-state index contributed by atoms with van der Waals surface area (Å²) >= 11 is 0. The largest absolute Gasteiger partial charge is 0.507 e. The third-order valence-corrected chi connectivity index (χ3v) is 24.2. The predicted octanol–water partition coefficient (Wildman–Crippen LogP) is 5.00. The number of rotatable bonds is 51. The maximum atomic E-state index is 15.4. The molecule has 686 valence electrons. The minimum Gasteiger partial charge on any atom is -0.507 e. The lowest BCUT2D eigenvalue weighted by atomic mass is 9.65. The van der Waals surface area contributed by atoms with Gasteiger partial charge in [-0.15, -0.1) is 0 Å². The monoisotopic (exact) mass is 1750 g/mol. The van der Waals surface area contributed by atoms with E-state index in [-0.39, 0.29) is 110 Å². The van der Waals surface area contributed by atoms with Crippen molar-refractivity contribution >= 4 is 46.8 Å². The summed E-state index contributed by atoms with van der Waals surface area (Å²) in [6.45, 7) is 12.7. The summed E-state index contributed by atoms with van der Waals surface area (Å²) in [5.74, 6) is 0.974. The molecule has 6 N–H and O–H groups in total. The van der Waals surface area contributed by atoms with Crippen LogP contribution in [0.2, 0.25) is 0 Å². The number of likely N-dealkylation sites (tertiary alicyclic amines) is 1. The van der Waals surface area contributed by atoms with Crippen molar-refractivity contribution in [3.63, 3.8) is 0 Å². The van der Waals surface area contributed by atoms with Crippen molar-refractivity contribution in [2.24, 2.45) is 11.3 Å². The molecule has 12 rings (SSSR count). The van der Waals surface area contributed by atoms with Crippen LogP contribution in [0.15, 0.2) is 66.7 Å². The van der Waals surface area contributed by atoms with Crippen molar-refractivity contribution in [1.29, 1.82) is 0 Å². The quantitative estimate of drug-likeness (QED) is 0.0169.